The monoisotopic (exact) mass is 716 g/mol. The third-order valence-corrected chi connectivity index (χ3v) is 15.7. The molecule has 1 aromatic rings. The van der Waals surface area contributed by atoms with Gasteiger partial charge in [-0.3, -0.25) is 0 Å². The van der Waals surface area contributed by atoms with Gasteiger partial charge in [0, 0.05) is 19.8 Å². The summed E-state index contributed by atoms with van der Waals surface area (Å²) in [7, 11) is 2.35. The lowest BCUT2D eigenvalue weighted by atomic mass is 9.52. The van der Waals surface area contributed by atoms with E-state index in [0.717, 1.165) is 58.5 Å². The Hall–Kier alpha value is -1.98. The maximum Gasteiger partial charge on any atom is 0.432 e. The molecule has 7 nitrogen and oxygen atoms in total. The summed E-state index contributed by atoms with van der Waals surface area (Å²) in [5.41, 5.74) is -2.02. The first-order chi connectivity index (χ1) is 23.8. The molecule has 0 N–H and O–H groups in total. The van der Waals surface area contributed by atoms with E-state index in [-0.39, 0.29) is 45.3 Å². The molecule has 51 heavy (non-hydrogen) atoms. The van der Waals surface area contributed by atoms with Crippen LogP contribution in [0.25, 0.3) is 0 Å². The van der Waals surface area contributed by atoms with E-state index in [2.05, 4.69) is 34.6 Å². The minimum atomic E-state index is -5.12. The van der Waals surface area contributed by atoms with Crippen molar-refractivity contribution in [3.8, 4) is 0 Å². The van der Waals surface area contributed by atoms with Gasteiger partial charge in [-0.05, 0) is 99.2 Å². The summed E-state index contributed by atoms with van der Waals surface area (Å²) >= 11 is 0. The Bertz CT molecular complexity index is 1620. The normalized spacial score (nSPS) is 45.9. The second kappa shape index (κ2) is 11.0. The number of ether oxygens (including phenoxy) is 6. The number of rotatable bonds is 5. The van der Waals surface area contributed by atoms with E-state index < -0.39 is 41.3 Å². The van der Waals surface area contributed by atoms with Gasteiger partial charge in [0.15, 0.2) is 6.10 Å². The van der Waals surface area contributed by atoms with Crippen molar-refractivity contribution in [2.24, 2.45) is 34.0 Å². The topological polar surface area (TPSA) is 72.5 Å². The predicted octanol–water partition coefficient (Wildman–Crippen LogP) is 8.44. The lowest BCUT2D eigenvalue weighted by Crippen LogP contribution is -2.65. The molecular weight excluding hydrogens is 661 g/mol. The Morgan fingerprint density at radius 2 is 1.63 bits per heavy atom. The SMILES string of the molecule is CO[C@]12O[C@H]3C[C@@]4(C)C5=C(CC[C@]4(C)[C@H]3[C@H](C)[C@H]1OC(C)(C)[C@H]2OC(=O)[C@@](OC)(c1ccccc1)C(F)(F)F)C[C@]12CC[C@H](O1)C(C)(C)[C@@H]2CC5. The zero-order valence-corrected chi connectivity index (χ0v) is 31.6. The molecule has 282 valence electrons. The van der Waals surface area contributed by atoms with Crippen LogP contribution in [0.1, 0.15) is 105 Å². The van der Waals surface area contributed by atoms with Crippen LogP contribution >= 0.6 is 0 Å². The van der Waals surface area contributed by atoms with Crippen LogP contribution in [0.5, 0.6) is 0 Å². The van der Waals surface area contributed by atoms with Crippen molar-refractivity contribution in [1.29, 1.82) is 0 Å². The Kier molecular flexibility index (Phi) is 7.80. The largest absolute Gasteiger partial charge is 0.451 e. The van der Waals surface area contributed by atoms with Crippen molar-refractivity contribution in [1.82, 2.24) is 0 Å². The fourth-order valence-corrected chi connectivity index (χ4v) is 13.3. The summed E-state index contributed by atoms with van der Waals surface area (Å²) in [4.78, 5) is 14.1. The molecule has 1 aromatic carbocycles. The molecule has 5 fully saturated rings. The van der Waals surface area contributed by atoms with Crippen molar-refractivity contribution < 1.29 is 46.4 Å². The standard InChI is InChI=1S/C41H55F3O7/c1-23-30-27(22-37(7)26-15-16-28-34(2,3)29-18-20-38(28,50-29)21-24(26)17-19-36(30,37)6)49-40(47-9)31(23)51-35(4,5)32(40)48-33(45)39(46-8,41(42,43)44)25-13-11-10-12-14-25/h10-14,23,27-32H,15-22H2,1-9H3/t23-,27-,28-,29-,30-,31+,32+,36+,37-,38-,39-,40-/m0/s1. The quantitative estimate of drug-likeness (QED) is 0.224. The van der Waals surface area contributed by atoms with Crippen molar-refractivity contribution in [2.75, 3.05) is 14.2 Å². The van der Waals surface area contributed by atoms with Crippen molar-refractivity contribution in [3.63, 3.8) is 0 Å². The first-order valence-corrected chi connectivity index (χ1v) is 19.0. The van der Waals surface area contributed by atoms with Gasteiger partial charge in [-0.1, -0.05) is 76.1 Å². The third-order valence-electron chi connectivity index (χ3n) is 15.7. The highest BCUT2D eigenvalue weighted by Crippen LogP contribution is 2.73. The molecular formula is C41H55F3O7. The van der Waals surface area contributed by atoms with Gasteiger partial charge in [0.2, 0.25) is 5.79 Å². The van der Waals surface area contributed by atoms with Crippen LogP contribution < -0.4 is 0 Å². The molecule has 1 spiro atoms. The second-order valence-corrected chi connectivity index (χ2v) is 18.5. The van der Waals surface area contributed by atoms with Crippen LogP contribution in [0, 0.1) is 34.0 Å². The highest BCUT2D eigenvalue weighted by molar-refractivity contribution is 5.83. The number of methoxy groups -OCH3 is 2. The summed E-state index contributed by atoms with van der Waals surface area (Å²) in [6, 6.07) is 6.88. The van der Waals surface area contributed by atoms with E-state index in [0.29, 0.717) is 12.0 Å². The van der Waals surface area contributed by atoms with Crippen molar-refractivity contribution >= 4 is 5.97 Å². The average molecular weight is 717 g/mol. The Labute approximate surface area is 300 Å². The van der Waals surface area contributed by atoms with Crippen LogP contribution in [0.2, 0.25) is 0 Å². The number of hydrogen-bond acceptors (Lipinski definition) is 7. The van der Waals surface area contributed by atoms with E-state index in [9.17, 15) is 18.0 Å². The van der Waals surface area contributed by atoms with Crippen LogP contribution in [0.15, 0.2) is 41.5 Å². The number of allylic oxidation sites excluding steroid dienone is 1. The van der Waals surface area contributed by atoms with Gasteiger partial charge in [-0.15, -0.1) is 0 Å². The molecule has 4 saturated heterocycles. The van der Waals surface area contributed by atoms with Crippen molar-refractivity contribution in [2.45, 2.75) is 153 Å². The molecule has 1 saturated carbocycles. The van der Waals surface area contributed by atoms with Gasteiger partial charge in [-0.25, -0.2) is 4.79 Å². The lowest BCUT2D eigenvalue weighted by molar-refractivity contribution is -0.342. The van der Waals surface area contributed by atoms with E-state index in [1.54, 1.807) is 31.1 Å². The highest BCUT2D eigenvalue weighted by Gasteiger charge is 2.76. The predicted molar refractivity (Wildman–Crippen MR) is 182 cm³/mol. The smallest absolute Gasteiger partial charge is 0.432 e. The number of esters is 1. The van der Waals surface area contributed by atoms with Gasteiger partial charge in [0.05, 0.1) is 17.8 Å². The fraction of sp³-hybridized carbons (Fsp3) is 0.780. The summed E-state index contributed by atoms with van der Waals surface area (Å²) in [5, 5.41) is 0. The molecule has 12 atom stereocenters. The summed E-state index contributed by atoms with van der Waals surface area (Å²) in [6.07, 6.45) is 1.14. The lowest BCUT2D eigenvalue weighted by Gasteiger charge is -2.55. The molecule has 0 unspecified atom stereocenters. The third kappa shape index (κ3) is 4.40. The molecule has 3 aliphatic carbocycles. The average Bonchev–Trinajstić information content (AvgIpc) is 3.66. The van der Waals surface area contributed by atoms with E-state index in [1.165, 1.54) is 31.4 Å². The van der Waals surface area contributed by atoms with Crippen molar-refractivity contribution in [3.05, 3.63) is 47.0 Å². The molecule has 0 aromatic heterocycles. The Balaban J connectivity index is 1.14. The van der Waals surface area contributed by atoms with Gasteiger partial charge < -0.3 is 28.4 Å². The number of halogens is 3. The highest BCUT2D eigenvalue weighted by atomic mass is 19.4. The van der Waals surface area contributed by atoms with Gasteiger partial charge in [0.1, 0.15) is 11.7 Å². The summed E-state index contributed by atoms with van der Waals surface area (Å²) in [5.74, 6) is -2.70. The number of fused-ring (bicyclic) bond motifs is 6. The fourth-order valence-electron chi connectivity index (χ4n) is 13.3. The maximum atomic E-state index is 15.0. The molecule has 0 amide bonds. The Morgan fingerprint density at radius 3 is 2.27 bits per heavy atom. The van der Waals surface area contributed by atoms with Gasteiger partial charge >= 0.3 is 12.1 Å². The molecule has 8 rings (SSSR count). The zero-order valence-electron chi connectivity index (χ0n) is 31.6. The summed E-state index contributed by atoms with van der Waals surface area (Å²) < 4.78 is 83.0. The molecule has 2 bridgehead atoms. The molecule has 10 heteroatoms. The van der Waals surface area contributed by atoms with Crippen LogP contribution in [0.3, 0.4) is 0 Å². The van der Waals surface area contributed by atoms with E-state index in [4.69, 9.17) is 28.4 Å². The minimum absolute atomic E-state index is 0.0637. The van der Waals surface area contributed by atoms with Gasteiger partial charge in [0.25, 0.3) is 5.60 Å². The number of carbonyl (C=O) groups is 1. The molecule has 4 aliphatic heterocycles. The maximum absolute atomic E-state index is 15.0. The van der Waals surface area contributed by atoms with Gasteiger partial charge in [-0.2, -0.15) is 13.2 Å². The first-order valence-electron chi connectivity index (χ1n) is 19.0. The molecule has 0 radical (unpaired) electrons. The Morgan fingerprint density at radius 1 is 0.922 bits per heavy atom. The summed E-state index contributed by atoms with van der Waals surface area (Å²) in [6.45, 7) is 15.3. The second-order valence-electron chi connectivity index (χ2n) is 18.5. The molecule has 7 aliphatic rings. The molecule has 4 heterocycles. The van der Waals surface area contributed by atoms with Crippen LogP contribution in [-0.4, -0.2) is 67.8 Å². The first kappa shape index (κ1) is 36.0. The number of alkyl halides is 3. The van der Waals surface area contributed by atoms with E-state index >= 15 is 0 Å². The number of benzene rings is 1. The zero-order chi connectivity index (χ0) is 36.8. The number of hydrogen-bond donors (Lipinski definition) is 0. The van der Waals surface area contributed by atoms with Crippen LogP contribution in [0.4, 0.5) is 13.2 Å². The van der Waals surface area contributed by atoms with Crippen LogP contribution in [-0.2, 0) is 38.8 Å². The minimum Gasteiger partial charge on any atom is -0.451 e. The number of carbonyl (C=O) groups excluding carboxylic acids is 1. The van der Waals surface area contributed by atoms with E-state index in [1.807, 2.05) is 0 Å².